The van der Waals surface area contributed by atoms with E-state index in [0.717, 1.165) is 24.7 Å². The fraction of sp³-hybridized carbons (Fsp3) is 0.333. The van der Waals surface area contributed by atoms with Gasteiger partial charge in [0.2, 0.25) is 11.8 Å². The number of alkyl halides is 3. The molecule has 1 saturated heterocycles. The van der Waals surface area contributed by atoms with Gasteiger partial charge in [-0.25, -0.2) is 4.98 Å². The first-order valence-electron chi connectivity index (χ1n) is 10.8. The third kappa shape index (κ3) is 6.12. The molecule has 34 heavy (non-hydrogen) atoms. The third-order valence-corrected chi connectivity index (χ3v) is 6.47. The first-order valence-corrected chi connectivity index (χ1v) is 12.0. The van der Waals surface area contributed by atoms with E-state index in [0.29, 0.717) is 36.1 Å². The molecule has 3 aromatic rings. The highest BCUT2D eigenvalue weighted by Crippen LogP contribution is 2.37. The lowest BCUT2D eigenvalue weighted by Gasteiger charge is -2.34. The molecule has 10 heteroatoms. The smallest absolute Gasteiger partial charge is 0.418 e. The average molecular weight is 491 g/mol. The van der Waals surface area contributed by atoms with Gasteiger partial charge in [0, 0.05) is 43.2 Å². The van der Waals surface area contributed by atoms with Gasteiger partial charge in [-0.3, -0.25) is 4.79 Å². The largest absolute Gasteiger partial charge is 0.444 e. The van der Waals surface area contributed by atoms with Crippen molar-refractivity contribution in [3.63, 3.8) is 0 Å². The van der Waals surface area contributed by atoms with Crippen LogP contribution in [0.5, 0.6) is 0 Å². The van der Waals surface area contributed by atoms with Crippen LogP contribution in [0.2, 0.25) is 0 Å². The predicted octanol–water partition coefficient (Wildman–Crippen LogP) is 4.98. The Kier molecular flexibility index (Phi) is 7.47. The summed E-state index contributed by atoms with van der Waals surface area (Å²) < 4.78 is 46.6. The maximum atomic E-state index is 13.7. The number of benzene rings is 2. The zero-order valence-electron chi connectivity index (χ0n) is 18.6. The summed E-state index contributed by atoms with van der Waals surface area (Å²) in [4.78, 5) is 20.8. The summed E-state index contributed by atoms with van der Waals surface area (Å²) in [6.45, 7) is 2.89. The van der Waals surface area contributed by atoms with E-state index < -0.39 is 17.6 Å². The second-order valence-electron chi connectivity index (χ2n) is 8.07. The number of carbonyl (C=O) groups is 1. The van der Waals surface area contributed by atoms with Crippen LogP contribution < -0.4 is 10.2 Å². The molecule has 1 fully saturated rings. The fourth-order valence-electron chi connectivity index (χ4n) is 3.66. The molecule has 1 aliphatic heterocycles. The summed E-state index contributed by atoms with van der Waals surface area (Å²) in [5, 5.41) is 2.42. The first kappa shape index (κ1) is 24.2. The van der Waals surface area contributed by atoms with Gasteiger partial charge in [-0.15, -0.1) is 11.8 Å². The van der Waals surface area contributed by atoms with E-state index >= 15 is 0 Å². The van der Waals surface area contributed by atoms with Gasteiger partial charge in [0.25, 0.3) is 0 Å². The van der Waals surface area contributed by atoms with Gasteiger partial charge in [0.15, 0.2) is 0 Å². The Balaban J connectivity index is 1.35. The highest BCUT2D eigenvalue weighted by Gasteiger charge is 2.35. The summed E-state index contributed by atoms with van der Waals surface area (Å²) in [5.74, 6) is 0.369. The zero-order valence-corrected chi connectivity index (χ0v) is 19.5. The highest BCUT2D eigenvalue weighted by molar-refractivity contribution is 7.99. The van der Waals surface area contributed by atoms with E-state index in [1.165, 1.54) is 24.1 Å². The number of halogens is 3. The van der Waals surface area contributed by atoms with Crippen molar-refractivity contribution in [1.82, 2.24) is 9.88 Å². The molecule has 180 valence electrons. The number of aromatic nitrogens is 1. The van der Waals surface area contributed by atoms with Crippen molar-refractivity contribution in [1.29, 1.82) is 0 Å². The van der Waals surface area contributed by atoms with Crippen LogP contribution in [0.1, 0.15) is 11.3 Å². The molecule has 2 aromatic carbocycles. The van der Waals surface area contributed by atoms with E-state index in [9.17, 15) is 18.0 Å². The second-order valence-corrected chi connectivity index (χ2v) is 9.05. The summed E-state index contributed by atoms with van der Waals surface area (Å²) >= 11 is 1.25. The molecule has 0 atom stereocenters. The molecular weight excluding hydrogens is 465 g/mol. The van der Waals surface area contributed by atoms with Crippen LogP contribution in [0.25, 0.3) is 11.5 Å². The maximum absolute atomic E-state index is 13.7. The third-order valence-electron chi connectivity index (χ3n) is 5.51. The van der Waals surface area contributed by atoms with Crippen LogP contribution in [0.3, 0.4) is 0 Å². The number of thioether (sulfide) groups is 1. The van der Waals surface area contributed by atoms with Crippen molar-refractivity contribution in [2.75, 3.05) is 49.2 Å². The minimum Gasteiger partial charge on any atom is -0.444 e. The molecule has 1 N–H and O–H groups in total. The molecule has 0 bridgehead atoms. The van der Waals surface area contributed by atoms with Gasteiger partial charge in [0.1, 0.15) is 6.26 Å². The van der Waals surface area contributed by atoms with E-state index in [1.807, 2.05) is 42.3 Å². The molecule has 0 spiro atoms. The molecule has 2 heterocycles. The van der Waals surface area contributed by atoms with Crippen LogP contribution in [0, 0.1) is 0 Å². The van der Waals surface area contributed by atoms with E-state index in [2.05, 4.69) is 15.2 Å². The van der Waals surface area contributed by atoms with Gasteiger partial charge in [-0.1, -0.05) is 18.2 Å². The number of oxazole rings is 1. The van der Waals surface area contributed by atoms with Crippen molar-refractivity contribution in [2.45, 2.75) is 11.9 Å². The molecule has 1 amide bonds. The number of anilines is 2. The summed E-state index contributed by atoms with van der Waals surface area (Å²) in [7, 11) is 1.99. The van der Waals surface area contributed by atoms with Crippen molar-refractivity contribution in [3.8, 4) is 11.5 Å². The lowest BCUT2D eigenvalue weighted by molar-refractivity contribution is -0.136. The van der Waals surface area contributed by atoms with E-state index in [1.54, 1.807) is 6.07 Å². The molecule has 0 saturated carbocycles. The number of hydrogen-bond acceptors (Lipinski definition) is 6. The normalized spacial score (nSPS) is 14.9. The maximum Gasteiger partial charge on any atom is 0.418 e. The van der Waals surface area contributed by atoms with E-state index in [4.69, 9.17) is 4.42 Å². The number of nitrogens with zero attached hydrogens (tertiary/aromatic N) is 3. The van der Waals surface area contributed by atoms with Gasteiger partial charge >= 0.3 is 6.18 Å². The minimum absolute atomic E-state index is 0.00889. The van der Waals surface area contributed by atoms with Gasteiger partial charge in [0.05, 0.1) is 22.7 Å². The quantitative estimate of drug-likeness (QED) is 0.504. The number of amides is 1. The Morgan fingerprint density at radius 2 is 1.85 bits per heavy atom. The van der Waals surface area contributed by atoms with Crippen LogP contribution >= 0.6 is 11.8 Å². The Morgan fingerprint density at radius 3 is 2.56 bits per heavy atom. The van der Waals surface area contributed by atoms with Crippen molar-refractivity contribution >= 4 is 29.0 Å². The number of hydrogen-bond donors (Lipinski definition) is 1. The minimum atomic E-state index is -4.58. The molecule has 1 aromatic heterocycles. The molecule has 0 unspecified atom stereocenters. The number of carbonyl (C=O) groups excluding carboxylic acids is 1. The van der Waals surface area contributed by atoms with E-state index in [-0.39, 0.29) is 11.4 Å². The monoisotopic (exact) mass is 490 g/mol. The van der Waals surface area contributed by atoms with Crippen LogP contribution in [-0.2, 0) is 16.7 Å². The molecule has 0 radical (unpaired) electrons. The zero-order chi connectivity index (χ0) is 24.1. The van der Waals surface area contributed by atoms with Crippen molar-refractivity contribution in [2.24, 2.45) is 0 Å². The lowest BCUT2D eigenvalue weighted by Crippen LogP contribution is -2.44. The van der Waals surface area contributed by atoms with Gasteiger partial charge < -0.3 is 19.5 Å². The Hall–Kier alpha value is -2.98. The number of nitrogens with one attached hydrogen (secondary N) is 1. The molecule has 6 nitrogen and oxygen atoms in total. The Labute approximate surface area is 200 Å². The summed E-state index contributed by atoms with van der Waals surface area (Å²) in [6, 6.07) is 13.5. The van der Waals surface area contributed by atoms with Crippen LogP contribution in [-0.4, -0.2) is 54.8 Å². The fourth-order valence-corrected chi connectivity index (χ4v) is 4.36. The number of piperazine rings is 1. The van der Waals surface area contributed by atoms with Gasteiger partial charge in [-0.2, -0.15) is 13.2 Å². The molecular formula is C24H25F3N4O2S. The first-order chi connectivity index (χ1) is 16.3. The van der Waals surface area contributed by atoms with Crippen LogP contribution in [0.4, 0.5) is 24.5 Å². The Morgan fingerprint density at radius 1 is 1.12 bits per heavy atom. The summed E-state index contributed by atoms with van der Waals surface area (Å²) in [5.41, 5.74) is 0.934. The molecule has 4 rings (SSSR count). The van der Waals surface area contributed by atoms with Gasteiger partial charge in [-0.05, 0) is 37.4 Å². The standard InChI is InChI=1S/C24H25F3N4O2S/c1-30-9-11-31(12-10-30)19-7-8-21(20(13-19)24(25,26)27)29-22(32)16-34-15-18-14-33-23(28-18)17-5-3-2-4-6-17/h2-8,13-14H,9-12,15-16H2,1H3,(H,29,32). The average Bonchev–Trinajstić information content (AvgIpc) is 3.29. The number of rotatable bonds is 7. The van der Waals surface area contributed by atoms with Crippen LogP contribution in [0.15, 0.2) is 59.2 Å². The number of likely N-dealkylation sites (N-methyl/N-ethyl adjacent to an activating group) is 1. The molecule has 1 aliphatic rings. The predicted molar refractivity (Wildman–Crippen MR) is 128 cm³/mol. The SMILES string of the molecule is CN1CCN(c2ccc(NC(=O)CSCc3coc(-c4ccccc4)n3)c(C(F)(F)F)c2)CC1. The highest BCUT2D eigenvalue weighted by atomic mass is 32.2. The second kappa shape index (κ2) is 10.5. The van der Waals surface area contributed by atoms with Crippen molar-refractivity contribution < 1.29 is 22.4 Å². The van der Waals surface area contributed by atoms with Crippen molar-refractivity contribution in [3.05, 3.63) is 66.1 Å². The summed E-state index contributed by atoms with van der Waals surface area (Å²) in [6.07, 6.45) is -3.06. The Bertz CT molecular complexity index is 1110. The topological polar surface area (TPSA) is 61.6 Å². The lowest BCUT2D eigenvalue weighted by atomic mass is 10.1. The molecule has 0 aliphatic carbocycles.